The van der Waals surface area contributed by atoms with Crippen LogP contribution in [0.25, 0.3) is 0 Å². The molecule has 66 valence electrons. The van der Waals surface area contributed by atoms with Crippen LogP contribution in [-0.4, -0.2) is 41.1 Å². The highest BCUT2D eigenvalue weighted by Crippen LogP contribution is 1.96. The molecule has 4 heteroatoms. The van der Waals surface area contributed by atoms with Gasteiger partial charge in [0.15, 0.2) is 5.78 Å². The normalized spacial score (nSPS) is 10.7. The third-order valence-electron chi connectivity index (χ3n) is 1.46. The summed E-state index contributed by atoms with van der Waals surface area (Å²) in [5, 5.41) is 4.00. The number of hydrogen-bond donors (Lipinski definition) is 0. The van der Waals surface area contributed by atoms with Crippen molar-refractivity contribution in [1.82, 2.24) is 14.7 Å². The zero-order chi connectivity index (χ0) is 9.14. The number of hydrogen-bond acceptors (Lipinski definition) is 3. The molecule has 12 heavy (non-hydrogen) atoms. The van der Waals surface area contributed by atoms with E-state index in [0.29, 0.717) is 12.2 Å². The van der Waals surface area contributed by atoms with Crippen LogP contribution in [0.3, 0.4) is 0 Å². The maximum Gasteiger partial charge on any atom is 0.196 e. The molecule has 0 aliphatic carbocycles. The molecule has 0 aromatic carbocycles. The second kappa shape index (κ2) is 3.49. The lowest BCUT2D eigenvalue weighted by molar-refractivity contribution is 0.0952. The predicted molar refractivity (Wildman–Crippen MR) is 46.1 cm³/mol. The van der Waals surface area contributed by atoms with Gasteiger partial charge >= 0.3 is 0 Å². The number of rotatable bonds is 3. The number of carbonyl (C=O) groups excluding carboxylic acids is 1. The van der Waals surface area contributed by atoms with Crippen molar-refractivity contribution in [1.29, 1.82) is 0 Å². The molecule has 1 rings (SSSR count). The van der Waals surface area contributed by atoms with Gasteiger partial charge in [-0.25, -0.2) is 0 Å². The highest BCUT2D eigenvalue weighted by Gasteiger charge is 2.08. The smallest absolute Gasteiger partial charge is 0.196 e. The molecule has 0 aliphatic rings. The Kier molecular flexibility index (Phi) is 2.60. The van der Waals surface area contributed by atoms with E-state index in [2.05, 4.69) is 5.10 Å². The van der Waals surface area contributed by atoms with Gasteiger partial charge in [0, 0.05) is 13.2 Å². The van der Waals surface area contributed by atoms with Gasteiger partial charge in [-0.2, -0.15) is 5.10 Å². The second-order valence-corrected chi connectivity index (χ2v) is 3.04. The minimum absolute atomic E-state index is 0.0561. The maximum absolute atomic E-state index is 11.4. The standard InChI is InChI=1S/C8H13N3O/c1-10(2)6-8(12)7-4-5-11(3)9-7/h4-5H,6H2,1-3H3. The van der Waals surface area contributed by atoms with Crippen LogP contribution < -0.4 is 0 Å². The third-order valence-corrected chi connectivity index (χ3v) is 1.46. The molecule has 1 aromatic rings. The minimum atomic E-state index is 0.0561. The molecule has 0 radical (unpaired) electrons. The highest BCUT2D eigenvalue weighted by molar-refractivity contribution is 5.95. The van der Waals surface area contributed by atoms with E-state index in [1.54, 1.807) is 24.0 Å². The quantitative estimate of drug-likeness (QED) is 0.602. The van der Waals surface area contributed by atoms with E-state index in [9.17, 15) is 4.79 Å². The van der Waals surface area contributed by atoms with E-state index in [4.69, 9.17) is 0 Å². The summed E-state index contributed by atoms with van der Waals surface area (Å²) in [7, 11) is 5.52. The lowest BCUT2D eigenvalue weighted by Crippen LogP contribution is -2.22. The van der Waals surface area contributed by atoms with Gasteiger partial charge < -0.3 is 4.90 Å². The monoisotopic (exact) mass is 167 g/mol. The summed E-state index contributed by atoms with van der Waals surface area (Å²) in [5.74, 6) is 0.0561. The first-order valence-electron chi connectivity index (χ1n) is 3.77. The number of ketones is 1. The molecule has 0 saturated carbocycles. The van der Waals surface area contributed by atoms with Crippen LogP contribution in [0.1, 0.15) is 10.5 Å². The SMILES string of the molecule is CN(C)CC(=O)c1ccn(C)n1. The molecule has 0 N–H and O–H groups in total. The van der Waals surface area contributed by atoms with Gasteiger partial charge in [-0.05, 0) is 20.2 Å². The lowest BCUT2D eigenvalue weighted by Gasteiger charge is -2.05. The summed E-state index contributed by atoms with van der Waals surface area (Å²) in [6.45, 7) is 0.414. The number of aromatic nitrogens is 2. The summed E-state index contributed by atoms with van der Waals surface area (Å²) in [4.78, 5) is 13.2. The van der Waals surface area contributed by atoms with Gasteiger partial charge in [-0.1, -0.05) is 0 Å². The van der Waals surface area contributed by atoms with Crippen LogP contribution in [0.5, 0.6) is 0 Å². The molecule has 1 heterocycles. The van der Waals surface area contributed by atoms with E-state index >= 15 is 0 Å². The molecule has 0 saturated heterocycles. The van der Waals surface area contributed by atoms with Crippen molar-refractivity contribution >= 4 is 5.78 Å². The second-order valence-electron chi connectivity index (χ2n) is 3.04. The Bertz CT molecular complexity index is 278. The Morgan fingerprint density at radius 3 is 2.75 bits per heavy atom. The summed E-state index contributed by atoms with van der Waals surface area (Å²) < 4.78 is 1.63. The van der Waals surface area contributed by atoms with Gasteiger partial charge in [0.2, 0.25) is 0 Å². The average Bonchev–Trinajstić information content (AvgIpc) is 2.34. The lowest BCUT2D eigenvalue weighted by atomic mass is 10.3. The molecule has 0 spiro atoms. The van der Waals surface area contributed by atoms with Crippen molar-refractivity contribution in [2.24, 2.45) is 7.05 Å². The van der Waals surface area contributed by atoms with Crippen molar-refractivity contribution in [3.05, 3.63) is 18.0 Å². The van der Waals surface area contributed by atoms with E-state index < -0.39 is 0 Å². The third kappa shape index (κ3) is 2.17. The van der Waals surface area contributed by atoms with Crippen LogP contribution in [0.2, 0.25) is 0 Å². The van der Waals surface area contributed by atoms with E-state index in [1.165, 1.54) is 0 Å². The Morgan fingerprint density at radius 2 is 2.33 bits per heavy atom. The van der Waals surface area contributed by atoms with Crippen LogP contribution in [0.15, 0.2) is 12.3 Å². The van der Waals surface area contributed by atoms with Crippen LogP contribution in [0, 0.1) is 0 Å². The summed E-state index contributed by atoms with van der Waals surface area (Å²) >= 11 is 0. The fraction of sp³-hybridized carbons (Fsp3) is 0.500. The van der Waals surface area contributed by atoms with Crippen molar-refractivity contribution in [2.45, 2.75) is 0 Å². The van der Waals surface area contributed by atoms with Gasteiger partial charge in [0.05, 0.1) is 6.54 Å². The van der Waals surface area contributed by atoms with E-state index in [-0.39, 0.29) is 5.78 Å². The molecular formula is C8H13N3O. The van der Waals surface area contributed by atoms with Crippen molar-refractivity contribution < 1.29 is 4.79 Å². The Hall–Kier alpha value is -1.16. The van der Waals surface area contributed by atoms with Crippen molar-refractivity contribution in [2.75, 3.05) is 20.6 Å². The van der Waals surface area contributed by atoms with Gasteiger partial charge in [-0.3, -0.25) is 9.48 Å². The van der Waals surface area contributed by atoms with Gasteiger partial charge in [-0.15, -0.1) is 0 Å². The fourth-order valence-electron chi connectivity index (χ4n) is 0.932. The Labute approximate surface area is 71.8 Å². The molecule has 0 aliphatic heterocycles. The number of Topliss-reactive ketones (excluding diaryl/α,β-unsaturated/α-hetero) is 1. The molecule has 0 unspecified atom stereocenters. The molecule has 0 bridgehead atoms. The molecule has 4 nitrogen and oxygen atoms in total. The number of likely N-dealkylation sites (N-methyl/N-ethyl adjacent to an activating group) is 1. The number of carbonyl (C=O) groups is 1. The highest BCUT2D eigenvalue weighted by atomic mass is 16.1. The van der Waals surface area contributed by atoms with E-state index in [0.717, 1.165) is 0 Å². The molecule has 0 fully saturated rings. The molecule has 1 aromatic heterocycles. The average molecular weight is 167 g/mol. The first-order valence-corrected chi connectivity index (χ1v) is 3.77. The van der Waals surface area contributed by atoms with Crippen molar-refractivity contribution in [3.8, 4) is 0 Å². The Morgan fingerprint density at radius 1 is 1.67 bits per heavy atom. The summed E-state index contributed by atoms with van der Waals surface area (Å²) in [6, 6.07) is 1.73. The Balaban J connectivity index is 2.65. The number of aryl methyl sites for hydroxylation is 1. The maximum atomic E-state index is 11.4. The first kappa shape index (κ1) is 8.93. The van der Waals surface area contributed by atoms with Crippen LogP contribution >= 0.6 is 0 Å². The largest absolute Gasteiger partial charge is 0.302 e. The van der Waals surface area contributed by atoms with Crippen LogP contribution in [0.4, 0.5) is 0 Å². The topological polar surface area (TPSA) is 38.1 Å². The first-order chi connectivity index (χ1) is 5.59. The van der Waals surface area contributed by atoms with Crippen LogP contribution in [-0.2, 0) is 7.05 Å². The zero-order valence-corrected chi connectivity index (χ0v) is 7.61. The van der Waals surface area contributed by atoms with Gasteiger partial charge in [0.25, 0.3) is 0 Å². The zero-order valence-electron chi connectivity index (χ0n) is 7.61. The summed E-state index contributed by atoms with van der Waals surface area (Å²) in [6.07, 6.45) is 1.77. The van der Waals surface area contributed by atoms with Crippen molar-refractivity contribution in [3.63, 3.8) is 0 Å². The molecule has 0 amide bonds. The fourth-order valence-corrected chi connectivity index (χ4v) is 0.932. The predicted octanol–water partition coefficient (Wildman–Crippen LogP) is 0.164. The van der Waals surface area contributed by atoms with Gasteiger partial charge in [0.1, 0.15) is 5.69 Å². The van der Waals surface area contributed by atoms with E-state index in [1.807, 2.05) is 19.0 Å². The number of nitrogens with zero attached hydrogens (tertiary/aromatic N) is 3. The molecular weight excluding hydrogens is 154 g/mol. The minimum Gasteiger partial charge on any atom is -0.302 e. The summed E-state index contributed by atoms with van der Waals surface area (Å²) in [5.41, 5.74) is 0.534. The molecule has 0 atom stereocenters.